The van der Waals surface area contributed by atoms with Crippen molar-refractivity contribution < 1.29 is 0 Å². The van der Waals surface area contributed by atoms with Crippen LogP contribution in [0.15, 0.2) is 53.9 Å². The molecule has 3 nitrogen and oxygen atoms in total. The zero-order chi connectivity index (χ0) is 23.3. The van der Waals surface area contributed by atoms with Crippen molar-refractivity contribution in [1.82, 2.24) is 4.98 Å². The van der Waals surface area contributed by atoms with Gasteiger partial charge in [-0.3, -0.25) is 9.98 Å². The van der Waals surface area contributed by atoms with Crippen molar-refractivity contribution >= 4 is 5.71 Å². The highest BCUT2D eigenvalue weighted by molar-refractivity contribution is 5.97. The van der Waals surface area contributed by atoms with Crippen molar-refractivity contribution in [2.45, 2.75) is 72.3 Å². The molecule has 1 atom stereocenters. The second kappa shape index (κ2) is 10.2. The van der Waals surface area contributed by atoms with Crippen molar-refractivity contribution in [3.05, 3.63) is 65.6 Å². The Hall–Kier alpha value is -2.86. The van der Waals surface area contributed by atoms with Gasteiger partial charge in [0.05, 0.1) is 11.3 Å². The van der Waals surface area contributed by atoms with E-state index in [2.05, 4.69) is 68.4 Å². The highest BCUT2D eigenvalue weighted by Gasteiger charge is 2.39. The third-order valence-electron chi connectivity index (χ3n) is 7.21. The number of aliphatic imine (C=N–C) groups is 1. The van der Waals surface area contributed by atoms with Crippen molar-refractivity contribution in [2.24, 2.45) is 22.6 Å². The summed E-state index contributed by atoms with van der Waals surface area (Å²) >= 11 is 0. The Kier molecular flexibility index (Phi) is 7.56. The molecule has 1 saturated carbocycles. The number of allylic oxidation sites excluding steroid dienone is 1. The minimum Gasteiger partial charge on any atom is -0.398 e. The third kappa shape index (κ3) is 5.13. The van der Waals surface area contributed by atoms with Crippen LogP contribution in [0.2, 0.25) is 0 Å². The Labute approximate surface area is 194 Å². The van der Waals surface area contributed by atoms with Crippen LogP contribution in [0, 0.1) is 30.6 Å². The van der Waals surface area contributed by atoms with Crippen LogP contribution in [-0.2, 0) is 5.54 Å². The summed E-state index contributed by atoms with van der Waals surface area (Å²) in [6.07, 6.45) is 9.92. The van der Waals surface area contributed by atoms with Crippen LogP contribution in [-0.4, -0.2) is 10.7 Å². The van der Waals surface area contributed by atoms with E-state index in [0.717, 1.165) is 28.3 Å². The summed E-state index contributed by atoms with van der Waals surface area (Å²) < 4.78 is 0. The van der Waals surface area contributed by atoms with Gasteiger partial charge in [0.2, 0.25) is 0 Å². The van der Waals surface area contributed by atoms with Gasteiger partial charge in [0.15, 0.2) is 0 Å². The summed E-state index contributed by atoms with van der Waals surface area (Å²) in [5, 5.41) is 0. The molecule has 1 aliphatic carbocycles. The maximum Gasteiger partial charge on any atom is 0.0863 e. The van der Waals surface area contributed by atoms with Gasteiger partial charge in [-0.15, -0.1) is 5.92 Å². The molecule has 168 valence electrons. The van der Waals surface area contributed by atoms with Crippen LogP contribution in [0.1, 0.15) is 76.5 Å². The number of nitrogens with zero attached hydrogens (tertiary/aromatic N) is 2. The number of aryl methyl sites for hydroxylation is 1. The summed E-state index contributed by atoms with van der Waals surface area (Å²) in [4.78, 5) is 9.66. The molecule has 3 heteroatoms. The van der Waals surface area contributed by atoms with Crippen molar-refractivity contribution in [3.8, 4) is 23.0 Å². The van der Waals surface area contributed by atoms with Crippen LogP contribution in [0.5, 0.6) is 0 Å². The lowest BCUT2D eigenvalue weighted by atomic mass is 9.68. The average molecular weight is 428 g/mol. The van der Waals surface area contributed by atoms with Gasteiger partial charge in [0, 0.05) is 29.2 Å². The molecule has 32 heavy (non-hydrogen) atoms. The van der Waals surface area contributed by atoms with Gasteiger partial charge in [-0.25, -0.2) is 0 Å². The lowest BCUT2D eigenvalue weighted by Gasteiger charge is -2.41. The molecule has 0 radical (unpaired) electrons. The monoisotopic (exact) mass is 427 g/mol. The van der Waals surface area contributed by atoms with E-state index < -0.39 is 0 Å². The highest BCUT2D eigenvalue weighted by Crippen LogP contribution is 2.46. The Morgan fingerprint density at radius 3 is 2.53 bits per heavy atom. The predicted molar refractivity (Wildman–Crippen MR) is 136 cm³/mol. The summed E-state index contributed by atoms with van der Waals surface area (Å²) in [5.41, 5.74) is 12.8. The smallest absolute Gasteiger partial charge is 0.0863 e. The third-order valence-corrected chi connectivity index (χ3v) is 7.21. The molecular formula is C29H37N3. The lowest BCUT2D eigenvalue weighted by Crippen LogP contribution is -2.35. The van der Waals surface area contributed by atoms with Crippen LogP contribution in [0.25, 0.3) is 11.1 Å². The van der Waals surface area contributed by atoms with Crippen LogP contribution < -0.4 is 5.73 Å². The second-order valence-corrected chi connectivity index (χ2v) is 9.36. The molecule has 3 rings (SSSR count). The Morgan fingerprint density at radius 2 is 1.91 bits per heavy atom. The zero-order valence-corrected chi connectivity index (χ0v) is 20.3. The molecule has 0 amide bonds. The number of pyridine rings is 1. The maximum absolute atomic E-state index is 6.05. The molecule has 2 N–H and O–H groups in total. The molecule has 2 aromatic rings. The Bertz CT molecular complexity index is 1060. The van der Waals surface area contributed by atoms with Gasteiger partial charge in [-0.2, -0.15) is 0 Å². The van der Waals surface area contributed by atoms with Crippen LogP contribution in [0.3, 0.4) is 0 Å². The highest BCUT2D eigenvalue weighted by atomic mass is 14.9. The van der Waals surface area contributed by atoms with Gasteiger partial charge in [-0.1, -0.05) is 50.8 Å². The summed E-state index contributed by atoms with van der Waals surface area (Å²) in [6.45, 7) is 14.6. The molecule has 0 bridgehead atoms. The molecule has 1 aliphatic rings. The number of nitrogens with two attached hydrogens (primary N) is 1. The Morgan fingerprint density at radius 1 is 1.19 bits per heavy atom. The number of rotatable bonds is 6. The quantitative estimate of drug-likeness (QED) is 0.407. The minimum atomic E-state index is -0.348. The first-order valence-electron chi connectivity index (χ1n) is 11.8. The van der Waals surface area contributed by atoms with Gasteiger partial charge >= 0.3 is 0 Å². The summed E-state index contributed by atoms with van der Waals surface area (Å²) in [6, 6.07) is 8.79. The largest absolute Gasteiger partial charge is 0.398 e. The van der Waals surface area contributed by atoms with Crippen LogP contribution in [0.4, 0.5) is 0 Å². The number of benzene rings is 1. The average Bonchev–Trinajstić information content (AvgIpc) is 2.79. The standard InChI is InChI=1S/C29H37N3/c1-7-9-24-16-26(19-31-18-24)25-13-10-20(3)28(17-25)29(6,32-22(5)21(4)30)27-14-11-23(8-2)12-15-27/h10,13,16-19,23,27H,4,8,11-12,14-15,30H2,1-3,5-6H3/b32-22-. The fourth-order valence-corrected chi connectivity index (χ4v) is 5.08. The van der Waals surface area contributed by atoms with E-state index in [1.54, 1.807) is 0 Å². The molecule has 1 fully saturated rings. The SMILES string of the molecule is C=C(N)/C(C)=N\C(C)(c1cc(-c2cncc(C#CC)c2)ccc1C)C1CCC(CC)CC1. The van der Waals surface area contributed by atoms with Gasteiger partial charge in [-0.05, 0) is 81.2 Å². The number of hydrogen-bond acceptors (Lipinski definition) is 3. The maximum atomic E-state index is 6.05. The normalized spacial score (nSPS) is 20.7. The van der Waals surface area contributed by atoms with E-state index in [0.29, 0.717) is 11.6 Å². The topological polar surface area (TPSA) is 51.3 Å². The molecule has 0 aliphatic heterocycles. The predicted octanol–water partition coefficient (Wildman–Crippen LogP) is 6.79. The van der Waals surface area contributed by atoms with E-state index in [4.69, 9.17) is 10.7 Å². The lowest BCUT2D eigenvalue weighted by molar-refractivity contribution is 0.184. The number of aromatic nitrogens is 1. The molecular weight excluding hydrogens is 390 g/mol. The van der Waals surface area contributed by atoms with Crippen molar-refractivity contribution in [3.63, 3.8) is 0 Å². The summed E-state index contributed by atoms with van der Waals surface area (Å²) in [5.74, 6) is 7.39. The minimum absolute atomic E-state index is 0.348. The summed E-state index contributed by atoms with van der Waals surface area (Å²) in [7, 11) is 0. The first kappa shape index (κ1) is 23.8. The van der Waals surface area contributed by atoms with Crippen molar-refractivity contribution in [2.75, 3.05) is 0 Å². The van der Waals surface area contributed by atoms with Crippen molar-refractivity contribution in [1.29, 1.82) is 0 Å². The molecule has 1 unspecified atom stereocenters. The molecule has 0 saturated heterocycles. The van der Waals surface area contributed by atoms with Gasteiger partial charge < -0.3 is 5.73 Å². The van der Waals surface area contributed by atoms with Gasteiger partial charge in [0.1, 0.15) is 0 Å². The van der Waals surface area contributed by atoms with E-state index >= 15 is 0 Å². The second-order valence-electron chi connectivity index (χ2n) is 9.36. The van der Waals surface area contributed by atoms with E-state index in [-0.39, 0.29) is 5.54 Å². The van der Waals surface area contributed by atoms with E-state index in [1.165, 1.54) is 43.2 Å². The molecule has 0 spiro atoms. The fraction of sp³-hybridized carbons (Fsp3) is 0.448. The first-order chi connectivity index (χ1) is 15.3. The first-order valence-corrected chi connectivity index (χ1v) is 11.8. The molecule has 1 aromatic heterocycles. The molecule has 1 heterocycles. The number of hydrogen-bond donors (Lipinski definition) is 1. The molecule has 1 aromatic carbocycles. The fourth-order valence-electron chi connectivity index (χ4n) is 5.08. The van der Waals surface area contributed by atoms with E-state index in [9.17, 15) is 0 Å². The zero-order valence-electron chi connectivity index (χ0n) is 20.3. The van der Waals surface area contributed by atoms with E-state index in [1.807, 2.05) is 26.2 Å². The van der Waals surface area contributed by atoms with Crippen LogP contribution >= 0.6 is 0 Å². The Balaban J connectivity index is 2.11. The van der Waals surface area contributed by atoms with Gasteiger partial charge in [0.25, 0.3) is 0 Å².